The van der Waals surface area contributed by atoms with Crippen molar-refractivity contribution in [3.05, 3.63) is 28.2 Å². The molecule has 0 aromatic carbocycles. The second-order valence-electron chi connectivity index (χ2n) is 5.19. The van der Waals surface area contributed by atoms with Crippen LogP contribution in [-0.2, 0) is 10.0 Å². The number of thiophene rings is 1. The lowest BCUT2D eigenvalue weighted by atomic mass is 10.1. The molecule has 0 amide bonds. The SMILES string of the molecule is COc1nccc(OC2CCCN(S(=O)(=O)c3ccc(Br)s3)C2)n1. The van der Waals surface area contributed by atoms with Crippen LogP contribution in [0.1, 0.15) is 12.8 Å². The molecule has 3 heterocycles. The minimum Gasteiger partial charge on any atom is -0.473 e. The van der Waals surface area contributed by atoms with Crippen LogP contribution in [0.15, 0.2) is 32.4 Å². The predicted octanol–water partition coefficient (Wildman–Crippen LogP) is 2.54. The Labute approximate surface area is 152 Å². The van der Waals surface area contributed by atoms with Gasteiger partial charge >= 0.3 is 6.01 Å². The summed E-state index contributed by atoms with van der Waals surface area (Å²) < 4.78 is 38.8. The number of aromatic nitrogens is 2. The molecule has 1 aliphatic rings. The summed E-state index contributed by atoms with van der Waals surface area (Å²) in [5, 5.41) is 0. The molecule has 0 N–H and O–H groups in total. The van der Waals surface area contributed by atoms with Gasteiger partial charge in [0.15, 0.2) is 0 Å². The highest BCUT2D eigenvalue weighted by molar-refractivity contribution is 9.11. The zero-order chi connectivity index (χ0) is 17.2. The lowest BCUT2D eigenvalue weighted by molar-refractivity contribution is 0.123. The van der Waals surface area contributed by atoms with E-state index in [1.165, 1.54) is 22.8 Å². The molecule has 2 aromatic heterocycles. The highest BCUT2D eigenvalue weighted by atomic mass is 79.9. The average Bonchev–Trinajstić information content (AvgIpc) is 3.02. The molecule has 0 saturated carbocycles. The Kier molecular flexibility index (Phi) is 5.38. The van der Waals surface area contributed by atoms with E-state index in [0.29, 0.717) is 23.2 Å². The summed E-state index contributed by atoms with van der Waals surface area (Å²) in [6.45, 7) is 0.787. The van der Waals surface area contributed by atoms with E-state index in [1.807, 2.05) is 0 Å². The fourth-order valence-corrected chi connectivity index (χ4v) is 6.12. The van der Waals surface area contributed by atoms with E-state index in [4.69, 9.17) is 9.47 Å². The molecule has 0 bridgehead atoms. The van der Waals surface area contributed by atoms with Crippen molar-refractivity contribution in [3.63, 3.8) is 0 Å². The van der Waals surface area contributed by atoms with Crippen molar-refractivity contribution < 1.29 is 17.9 Å². The van der Waals surface area contributed by atoms with Gasteiger partial charge in [-0.05, 0) is 40.9 Å². The first-order valence-electron chi connectivity index (χ1n) is 7.28. The van der Waals surface area contributed by atoms with E-state index < -0.39 is 10.0 Å². The number of rotatable bonds is 5. The largest absolute Gasteiger partial charge is 0.473 e. The zero-order valence-electron chi connectivity index (χ0n) is 12.9. The van der Waals surface area contributed by atoms with Crippen LogP contribution in [0.2, 0.25) is 0 Å². The Bertz CT molecular complexity index is 812. The van der Waals surface area contributed by atoms with Gasteiger partial charge < -0.3 is 9.47 Å². The van der Waals surface area contributed by atoms with Gasteiger partial charge in [0.25, 0.3) is 10.0 Å². The molecule has 0 aliphatic carbocycles. The summed E-state index contributed by atoms with van der Waals surface area (Å²) >= 11 is 4.51. The van der Waals surface area contributed by atoms with Gasteiger partial charge in [-0.25, -0.2) is 13.4 Å². The van der Waals surface area contributed by atoms with E-state index in [2.05, 4.69) is 25.9 Å². The molecule has 0 radical (unpaired) electrons. The molecule has 1 aliphatic heterocycles. The fraction of sp³-hybridized carbons (Fsp3) is 0.429. The van der Waals surface area contributed by atoms with Crippen LogP contribution < -0.4 is 9.47 Å². The van der Waals surface area contributed by atoms with Crippen molar-refractivity contribution in [3.8, 4) is 11.9 Å². The number of piperidine rings is 1. The van der Waals surface area contributed by atoms with Crippen LogP contribution in [0.25, 0.3) is 0 Å². The molecule has 2 aromatic rings. The van der Waals surface area contributed by atoms with Crippen LogP contribution in [-0.4, -0.2) is 49.0 Å². The summed E-state index contributed by atoms with van der Waals surface area (Å²) in [5.41, 5.74) is 0. The number of hydrogen-bond acceptors (Lipinski definition) is 7. The van der Waals surface area contributed by atoms with E-state index in [-0.39, 0.29) is 12.1 Å². The van der Waals surface area contributed by atoms with Crippen LogP contribution in [0.5, 0.6) is 11.9 Å². The summed E-state index contributed by atoms with van der Waals surface area (Å²) in [7, 11) is -2.02. The standard InChI is InChI=1S/C14H16BrN3O4S2/c1-21-14-16-7-6-12(17-14)22-10-3-2-8-18(9-10)24(19,20)13-5-4-11(15)23-13/h4-7,10H,2-3,8-9H2,1H3. The molecule has 0 spiro atoms. The molecular weight excluding hydrogens is 418 g/mol. The monoisotopic (exact) mass is 433 g/mol. The number of hydrogen-bond donors (Lipinski definition) is 0. The molecule has 1 fully saturated rings. The molecular formula is C14H16BrN3O4S2. The lowest BCUT2D eigenvalue weighted by Crippen LogP contribution is -2.44. The first-order chi connectivity index (χ1) is 11.5. The normalized spacial score (nSPS) is 19.2. The van der Waals surface area contributed by atoms with Gasteiger partial charge in [-0.3, -0.25) is 0 Å². The van der Waals surface area contributed by atoms with Gasteiger partial charge in [0.05, 0.1) is 17.4 Å². The van der Waals surface area contributed by atoms with Crippen molar-refractivity contribution in [1.29, 1.82) is 0 Å². The minimum atomic E-state index is -3.49. The molecule has 24 heavy (non-hydrogen) atoms. The summed E-state index contributed by atoms with van der Waals surface area (Å²) in [4.78, 5) is 8.03. The number of sulfonamides is 1. The van der Waals surface area contributed by atoms with Crippen molar-refractivity contribution in [2.45, 2.75) is 23.2 Å². The lowest BCUT2D eigenvalue weighted by Gasteiger charge is -2.31. The van der Waals surface area contributed by atoms with Gasteiger partial charge in [0.2, 0.25) is 5.88 Å². The second-order valence-corrected chi connectivity index (χ2v) is 9.81. The maximum Gasteiger partial charge on any atom is 0.319 e. The number of methoxy groups -OCH3 is 1. The third kappa shape index (κ3) is 3.88. The van der Waals surface area contributed by atoms with E-state index in [9.17, 15) is 8.42 Å². The number of halogens is 1. The predicted molar refractivity (Wildman–Crippen MR) is 93.0 cm³/mol. The van der Waals surface area contributed by atoms with E-state index >= 15 is 0 Å². The molecule has 7 nitrogen and oxygen atoms in total. The van der Waals surface area contributed by atoms with Gasteiger partial charge in [0, 0.05) is 18.8 Å². The quantitative estimate of drug-likeness (QED) is 0.720. The Hall–Kier alpha value is -1.23. The van der Waals surface area contributed by atoms with Crippen LogP contribution in [0.4, 0.5) is 0 Å². The first-order valence-corrected chi connectivity index (χ1v) is 10.3. The fourth-order valence-electron chi connectivity index (χ4n) is 2.44. The summed E-state index contributed by atoms with van der Waals surface area (Å²) in [5.74, 6) is 0.380. The Balaban J connectivity index is 1.72. The highest BCUT2D eigenvalue weighted by Gasteiger charge is 2.32. The zero-order valence-corrected chi connectivity index (χ0v) is 16.1. The molecule has 130 valence electrons. The Morgan fingerprint density at radius 3 is 2.92 bits per heavy atom. The second kappa shape index (κ2) is 7.34. The molecule has 1 unspecified atom stereocenters. The van der Waals surface area contributed by atoms with Crippen LogP contribution >= 0.6 is 27.3 Å². The van der Waals surface area contributed by atoms with Gasteiger partial charge in [-0.1, -0.05) is 0 Å². The average molecular weight is 434 g/mol. The van der Waals surface area contributed by atoms with Gasteiger partial charge in [-0.15, -0.1) is 11.3 Å². The number of ether oxygens (including phenoxy) is 2. The first kappa shape index (κ1) is 17.6. The van der Waals surface area contributed by atoms with Crippen LogP contribution in [0, 0.1) is 0 Å². The highest BCUT2D eigenvalue weighted by Crippen LogP contribution is 2.30. The molecule has 3 rings (SSSR count). The minimum absolute atomic E-state index is 0.219. The van der Waals surface area contributed by atoms with Crippen molar-refractivity contribution in [1.82, 2.24) is 14.3 Å². The smallest absolute Gasteiger partial charge is 0.319 e. The van der Waals surface area contributed by atoms with Crippen molar-refractivity contribution in [2.75, 3.05) is 20.2 Å². The molecule has 1 saturated heterocycles. The van der Waals surface area contributed by atoms with Gasteiger partial charge in [-0.2, -0.15) is 9.29 Å². The van der Waals surface area contributed by atoms with Crippen molar-refractivity contribution >= 4 is 37.3 Å². The topological polar surface area (TPSA) is 81.6 Å². The molecule has 10 heteroatoms. The third-order valence-electron chi connectivity index (χ3n) is 3.56. The molecule has 1 atom stereocenters. The number of nitrogens with zero attached hydrogens (tertiary/aromatic N) is 3. The van der Waals surface area contributed by atoms with Crippen molar-refractivity contribution in [2.24, 2.45) is 0 Å². The maximum atomic E-state index is 12.7. The Morgan fingerprint density at radius 1 is 1.38 bits per heavy atom. The summed E-state index contributed by atoms with van der Waals surface area (Å²) in [6.07, 6.45) is 2.80. The third-order valence-corrected chi connectivity index (χ3v) is 7.52. The van der Waals surface area contributed by atoms with Crippen LogP contribution in [0.3, 0.4) is 0 Å². The van der Waals surface area contributed by atoms with Gasteiger partial charge in [0.1, 0.15) is 10.3 Å². The van der Waals surface area contributed by atoms with E-state index in [0.717, 1.165) is 16.6 Å². The maximum absolute atomic E-state index is 12.7. The Morgan fingerprint density at radius 2 is 2.21 bits per heavy atom. The van der Waals surface area contributed by atoms with E-state index in [1.54, 1.807) is 24.4 Å². The summed E-state index contributed by atoms with van der Waals surface area (Å²) in [6, 6.07) is 5.20.